The first-order valence-corrected chi connectivity index (χ1v) is 9.59. The predicted octanol–water partition coefficient (Wildman–Crippen LogP) is 3.02. The number of nitrogens with zero attached hydrogens (tertiary/aromatic N) is 3. The van der Waals surface area contributed by atoms with Crippen molar-refractivity contribution in [2.75, 3.05) is 12.4 Å². The highest BCUT2D eigenvalue weighted by Gasteiger charge is 2.34. The Morgan fingerprint density at radius 3 is 2.88 bits per heavy atom. The summed E-state index contributed by atoms with van der Waals surface area (Å²) in [5.74, 6) is 0.363. The molecule has 130 valence electrons. The third-order valence-corrected chi connectivity index (χ3v) is 6.29. The van der Waals surface area contributed by atoms with Crippen molar-refractivity contribution in [3.05, 3.63) is 27.1 Å². The average Bonchev–Trinajstić information content (AvgIpc) is 2.95. The number of aryl methyl sites for hydroxylation is 1. The summed E-state index contributed by atoms with van der Waals surface area (Å²) in [7, 11) is 0. The van der Waals surface area contributed by atoms with Gasteiger partial charge in [0.15, 0.2) is 0 Å². The molecule has 0 radical (unpaired) electrons. The van der Waals surface area contributed by atoms with Crippen LogP contribution < -0.4 is 5.56 Å². The topological polar surface area (TPSA) is 55.2 Å². The molecule has 7 heteroatoms. The number of aromatic nitrogens is 2. The summed E-state index contributed by atoms with van der Waals surface area (Å²) in [5.41, 5.74) is 0.549. The van der Waals surface area contributed by atoms with E-state index in [0.717, 1.165) is 27.1 Å². The van der Waals surface area contributed by atoms with Crippen molar-refractivity contribution >= 4 is 39.1 Å². The summed E-state index contributed by atoms with van der Waals surface area (Å²) in [4.78, 5) is 33.5. The van der Waals surface area contributed by atoms with Gasteiger partial charge in [-0.15, -0.1) is 22.9 Å². The van der Waals surface area contributed by atoms with E-state index >= 15 is 0 Å². The molecule has 2 aromatic heterocycles. The van der Waals surface area contributed by atoms with Crippen molar-refractivity contribution in [1.82, 2.24) is 14.5 Å². The van der Waals surface area contributed by atoms with Gasteiger partial charge in [0.2, 0.25) is 5.91 Å². The molecule has 5 nitrogen and oxygen atoms in total. The number of carbonyl (C=O) groups excluding carboxylic acids is 1. The summed E-state index contributed by atoms with van der Waals surface area (Å²) in [6.45, 7) is 7.63. The molecule has 0 fully saturated rings. The van der Waals surface area contributed by atoms with Crippen LogP contribution in [0, 0.1) is 5.41 Å². The maximum atomic E-state index is 12.7. The summed E-state index contributed by atoms with van der Waals surface area (Å²) >= 11 is 7.47. The van der Waals surface area contributed by atoms with Gasteiger partial charge < -0.3 is 4.90 Å². The Morgan fingerprint density at radius 2 is 2.21 bits per heavy atom. The lowest BCUT2D eigenvalue weighted by Gasteiger charge is -2.33. The van der Waals surface area contributed by atoms with Crippen molar-refractivity contribution in [3.8, 4) is 0 Å². The quantitative estimate of drug-likeness (QED) is 0.780. The lowest BCUT2D eigenvalue weighted by Crippen LogP contribution is -2.44. The maximum absolute atomic E-state index is 12.7. The van der Waals surface area contributed by atoms with Crippen LogP contribution >= 0.6 is 22.9 Å². The Labute approximate surface area is 150 Å². The van der Waals surface area contributed by atoms with E-state index in [1.54, 1.807) is 10.9 Å². The monoisotopic (exact) mass is 367 g/mol. The molecule has 1 amide bonds. The highest BCUT2D eigenvalue weighted by molar-refractivity contribution is 7.18. The van der Waals surface area contributed by atoms with Crippen molar-refractivity contribution in [2.24, 2.45) is 5.41 Å². The molecule has 0 atom stereocenters. The Balaban J connectivity index is 1.98. The van der Waals surface area contributed by atoms with Crippen LogP contribution in [0.5, 0.6) is 0 Å². The second kappa shape index (κ2) is 6.48. The predicted molar refractivity (Wildman–Crippen MR) is 97.8 cm³/mol. The van der Waals surface area contributed by atoms with E-state index in [2.05, 4.69) is 4.98 Å². The second-order valence-corrected chi connectivity index (χ2v) is 8.27. The molecule has 0 bridgehead atoms. The molecule has 3 rings (SSSR count). The zero-order valence-corrected chi connectivity index (χ0v) is 15.8. The second-order valence-electron chi connectivity index (χ2n) is 6.92. The molecule has 1 aliphatic heterocycles. The molecule has 24 heavy (non-hydrogen) atoms. The molecule has 0 N–H and O–H groups in total. The van der Waals surface area contributed by atoms with Crippen LogP contribution in [0.2, 0.25) is 0 Å². The zero-order chi connectivity index (χ0) is 17.5. The molecule has 0 aromatic carbocycles. The molecule has 0 spiro atoms. The minimum Gasteiger partial charge on any atom is -0.337 e. The van der Waals surface area contributed by atoms with E-state index in [9.17, 15) is 9.59 Å². The van der Waals surface area contributed by atoms with Gasteiger partial charge in [-0.05, 0) is 32.3 Å². The minimum absolute atomic E-state index is 0.0419. The summed E-state index contributed by atoms with van der Waals surface area (Å²) < 4.78 is 1.68. The van der Waals surface area contributed by atoms with Crippen LogP contribution in [0.1, 0.15) is 37.6 Å². The maximum Gasteiger partial charge on any atom is 0.262 e. The Kier molecular flexibility index (Phi) is 4.71. The van der Waals surface area contributed by atoms with E-state index in [4.69, 9.17) is 11.6 Å². The molecule has 1 aliphatic rings. The Morgan fingerprint density at radius 1 is 1.46 bits per heavy atom. The van der Waals surface area contributed by atoms with Crippen LogP contribution in [0.3, 0.4) is 0 Å². The van der Waals surface area contributed by atoms with Gasteiger partial charge in [-0.25, -0.2) is 4.98 Å². The van der Waals surface area contributed by atoms with E-state index in [-0.39, 0.29) is 11.5 Å². The molecular weight excluding hydrogens is 346 g/mol. The number of amides is 1. The van der Waals surface area contributed by atoms with Crippen molar-refractivity contribution in [1.29, 1.82) is 0 Å². The third-order valence-electron chi connectivity index (χ3n) is 4.49. The number of hydrogen-bond donors (Lipinski definition) is 0. The first-order chi connectivity index (χ1) is 11.4. The number of alkyl halides is 1. The number of thiophene rings is 1. The molecule has 0 saturated heterocycles. The Bertz CT molecular complexity index is 840. The first-order valence-electron chi connectivity index (χ1n) is 8.24. The van der Waals surface area contributed by atoms with Crippen LogP contribution in [-0.2, 0) is 24.3 Å². The number of carbonyl (C=O) groups is 1. The fourth-order valence-electron chi connectivity index (χ4n) is 3.08. The van der Waals surface area contributed by atoms with Crippen molar-refractivity contribution in [3.63, 3.8) is 0 Å². The summed E-state index contributed by atoms with van der Waals surface area (Å²) in [6, 6.07) is 0. The molecule has 0 unspecified atom stereocenters. The van der Waals surface area contributed by atoms with E-state index in [1.807, 2.05) is 25.7 Å². The molecule has 0 aliphatic carbocycles. The lowest BCUT2D eigenvalue weighted by molar-refractivity contribution is -0.140. The van der Waals surface area contributed by atoms with Gasteiger partial charge in [0.25, 0.3) is 5.56 Å². The Hall–Kier alpha value is -1.40. The first kappa shape index (κ1) is 17.4. The molecule has 0 saturated carbocycles. The standard InChI is InChI=1S/C17H22ClN3O2S/c1-4-6-21-10-19-14-13(15(21)22)11-5-7-20(8-12(11)24-14)16(23)17(2,3)9-18/h10H,4-9H2,1-3H3. The zero-order valence-electron chi connectivity index (χ0n) is 14.3. The smallest absolute Gasteiger partial charge is 0.262 e. The van der Waals surface area contributed by atoms with Crippen LogP contribution in [0.15, 0.2) is 11.1 Å². The average molecular weight is 368 g/mol. The summed E-state index contributed by atoms with van der Waals surface area (Å²) in [5, 5.41) is 0.745. The van der Waals surface area contributed by atoms with Crippen LogP contribution in [-0.4, -0.2) is 32.8 Å². The fraction of sp³-hybridized carbons (Fsp3) is 0.588. The number of fused-ring (bicyclic) bond motifs is 3. The van der Waals surface area contributed by atoms with Crippen molar-refractivity contribution in [2.45, 2.75) is 46.7 Å². The van der Waals surface area contributed by atoms with Crippen LogP contribution in [0.25, 0.3) is 10.2 Å². The fourth-order valence-corrected chi connectivity index (χ4v) is 4.39. The minimum atomic E-state index is -0.568. The third kappa shape index (κ3) is 2.86. The number of halogens is 1. The number of hydrogen-bond acceptors (Lipinski definition) is 4. The van der Waals surface area contributed by atoms with Crippen molar-refractivity contribution < 1.29 is 4.79 Å². The molecule has 3 heterocycles. The van der Waals surface area contributed by atoms with E-state index < -0.39 is 5.41 Å². The summed E-state index contributed by atoms with van der Waals surface area (Å²) in [6.07, 6.45) is 3.23. The van der Waals surface area contributed by atoms with Gasteiger partial charge in [-0.1, -0.05) is 6.92 Å². The highest BCUT2D eigenvalue weighted by Crippen LogP contribution is 2.34. The lowest BCUT2D eigenvalue weighted by atomic mass is 9.93. The highest BCUT2D eigenvalue weighted by atomic mass is 35.5. The van der Waals surface area contributed by atoms with Gasteiger partial charge in [-0.3, -0.25) is 14.2 Å². The normalized spacial score (nSPS) is 14.9. The van der Waals surface area contributed by atoms with E-state index in [0.29, 0.717) is 31.9 Å². The molecule has 2 aromatic rings. The van der Waals surface area contributed by atoms with Gasteiger partial charge in [0.1, 0.15) is 4.83 Å². The number of rotatable bonds is 4. The SMILES string of the molecule is CCCn1cnc2sc3c(c2c1=O)CCN(C(=O)C(C)(C)CCl)C3. The molecular formula is C17H22ClN3O2S. The van der Waals surface area contributed by atoms with Gasteiger partial charge in [0.05, 0.1) is 23.7 Å². The van der Waals surface area contributed by atoms with Gasteiger partial charge >= 0.3 is 0 Å². The van der Waals surface area contributed by atoms with Crippen LogP contribution in [0.4, 0.5) is 0 Å². The largest absolute Gasteiger partial charge is 0.337 e. The van der Waals surface area contributed by atoms with Gasteiger partial charge in [0, 0.05) is 23.8 Å². The van der Waals surface area contributed by atoms with Gasteiger partial charge in [-0.2, -0.15) is 0 Å². The van der Waals surface area contributed by atoms with E-state index in [1.165, 1.54) is 11.3 Å².